The molecule has 0 radical (unpaired) electrons. The van der Waals surface area contributed by atoms with Gasteiger partial charge in [-0.15, -0.1) is 0 Å². The van der Waals surface area contributed by atoms with E-state index in [1.54, 1.807) is 7.11 Å². The fourth-order valence-corrected chi connectivity index (χ4v) is 3.55. The van der Waals surface area contributed by atoms with Gasteiger partial charge in [0.15, 0.2) is 6.10 Å². The Hall–Kier alpha value is -2.13. The highest BCUT2D eigenvalue weighted by molar-refractivity contribution is 5.83. The van der Waals surface area contributed by atoms with Crippen LogP contribution in [0, 0.1) is 0 Å². The lowest BCUT2D eigenvalue weighted by Gasteiger charge is -2.33. The van der Waals surface area contributed by atoms with E-state index in [0.717, 1.165) is 31.4 Å². The number of methoxy groups -OCH3 is 1. The summed E-state index contributed by atoms with van der Waals surface area (Å²) in [5.74, 6) is 0.0689. The van der Waals surface area contributed by atoms with Crippen molar-refractivity contribution in [3.8, 4) is 0 Å². The summed E-state index contributed by atoms with van der Waals surface area (Å²) in [6.45, 7) is 0.797. The molecule has 3 heteroatoms. The molecule has 1 aliphatic rings. The van der Waals surface area contributed by atoms with Crippen LogP contribution in [0.5, 0.6) is 0 Å². The molecule has 1 heterocycles. The van der Waals surface area contributed by atoms with Crippen LogP contribution in [0.15, 0.2) is 60.7 Å². The summed E-state index contributed by atoms with van der Waals surface area (Å²) in [5, 5.41) is 0. The van der Waals surface area contributed by atoms with Crippen molar-refractivity contribution in [2.24, 2.45) is 0 Å². The van der Waals surface area contributed by atoms with Crippen LogP contribution < -0.4 is 0 Å². The molecule has 126 valence electrons. The van der Waals surface area contributed by atoms with Crippen molar-refractivity contribution in [1.82, 2.24) is 4.90 Å². The molecule has 0 spiro atoms. The summed E-state index contributed by atoms with van der Waals surface area (Å²) in [5.41, 5.74) is 2.14. The van der Waals surface area contributed by atoms with Gasteiger partial charge in [0.05, 0.1) is 6.04 Å². The van der Waals surface area contributed by atoms with E-state index in [1.807, 2.05) is 53.4 Å². The molecule has 2 aromatic carbocycles. The van der Waals surface area contributed by atoms with E-state index in [4.69, 9.17) is 4.74 Å². The number of benzene rings is 2. The molecule has 0 aromatic heterocycles. The highest BCUT2D eigenvalue weighted by atomic mass is 16.5. The van der Waals surface area contributed by atoms with Crippen LogP contribution in [0.1, 0.15) is 49.0 Å². The van der Waals surface area contributed by atoms with Crippen molar-refractivity contribution in [3.05, 3.63) is 71.8 Å². The molecule has 0 aliphatic carbocycles. The molecule has 24 heavy (non-hydrogen) atoms. The number of hydrogen-bond acceptors (Lipinski definition) is 2. The number of nitrogens with zero attached hydrogens (tertiary/aromatic N) is 1. The molecule has 0 unspecified atom stereocenters. The molecular formula is C21H25NO2. The minimum absolute atomic E-state index is 0.0689. The summed E-state index contributed by atoms with van der Waals surface area (Å²) >= 11 is 0. The highest BCUT2D eigenvalue weighted by Crippen LogP contribution is 2.33. The molecule has 3 rings (SSSR count). The number of hydrogen-bond donors (Lipinski definition) is 0. The second-order valence-electron chi connectivity index (χ2n) is 6.33. The average molecular weight is 323 g/mol. The Balaban J connectivity index is 1.89. The first-order valence-electron chi connectivity index (χ1n) is 8.74. The number of carbonyl (C=O) groups excluding carboxylic acids is 1. The van der Waals surface area contributed by atoms with Crippen molar-refractivity contribution in [1.29, 1.82) is 0 Å². The van der Waals surface area contributed by atoms with E-state index in [9.17, 15) is 4.79 Å². The molecule has 3 nitrogen and oxygen atoms in total. The Morgan fingerprint density at radius 1 is 1.00 bits per heavy atom. The molecule has 1 amide bonds. The third-order valence-corrected chi connectivity index (χ3v) is 4.78. The van der Waals surface area contributed by atoms with Gasteiger partial charge in [-0.1, -0.05) is 73.5 Å². The predicted octanol–water partition coefficient (Wildman–Crippen LogP) is 4.52. The first kappa shape index (κ1) is 16.7. The lowest BCUT2D eigenvalue weighted by atomic mass is 9.99. The normalized spacial score (nSPS) is 19.5. The minimum atomic E-state index is -0.532. The lowest BCUT2D eigenvalue weighted by molar-refractivity contribution is -0.145. The number of carbonyl (C=O) groups is 1. The maximum absolute atomic E-state index is 13.3. The van der Waals surface area contributed by atoms with Crippen LogP contribution in [0.2, 0.25) is 0 Å². The van der Waals surface area contributed by atoms with E-state index in [0.29, 0.717) is 0 Å². The Morgan fingerprint density at radius 3 is 2.33 bits per heavy atom. The maximum atomic E-state index is 13.3. The number of rotatable bonds is 4. The van der Waals surface area contributed by atoms with Gasteiger partial charge >= 0.3 is 0 Å². The summed E-state index contributed by atoms with van der Waals surface area (Å²) in [4.78, 5) is 15.3. The number of likely N-dealkylation sites (tertiary alicyclic amines) is 1. The molecule has 1 aliphatic heterocycles. The second-order valence-corrected chi connectivity index (χ2v) is 6.33. The lowest BCUT2D eigenvalue weighted by Crippen LogP contribution is -2.38. The van der Waals surface area contributed by atoms with Gasteiger partial charge < -0.3 is 9.64 Å². The van der Waals surface area contributed by atoms with Gasteiger partial charge in [-0.3, -0.25) is 4.79 Å². The quantitative estimate of drug-likeness (QED) is 0.828. The zero-order chi connectivity index (χ0) is 16.8. The van der Waals surface area contributed by atoms with E-state index in [1.165, 1.54) is 12.0 Å². The van der Waals surface area contributed by atoms with Crippen molar-refractivity contribution < 1.29 is 9.53 Å². The van der Waals surface area contributed by atoms with Crippen molar-refractivity contribution in [2.45, 2.75) is 37.8 Å². The average Bonchev–Trinajstić information content (AvgIpc) is 2.90. The largest absolute Gasteiger partial charge is 0.367 e. The molecule has 1 saturated heterocycles. The summed E-state index contributed by atoms with van der Waals surface area (Å²) < 4.78 is 5.59. The van der Waals surface area contributed by atoms with Crippen LogP contribution in [0.4, 0.5) is 0 Å². The summed E-state index contributed by atoms with van der Waals surface area (Å²) in [6.07, 6.45) is 3.87. The van der Waals surface area contributed by atoms with Crippen molar-refractivity contribution in [2.75, 3.05) is 13.7 Å². The SMILES string of the molecule is CO[C@H](C(=O)N1CCCCC[C@@H]1c1ccccc1)c1ccccc1. The molecule has 2 aromatic rings. The van der Waals surface area contributed by atoms with Gasteiger partial charge in [0.2, 0.25) is 0 Å². The minimum Gasteiger partial charge on any atom is -0.367 e. The van der Waals surface area contributed by atoms with Crippen molar-refractivity contribution >= 4 is 5.91 Å². The zero-order valence-electron chi connectivity index (χ0n) is 14.2. The van der Waals surface area contributed by atoms with E-state index in [-0.39, 0.29) is 11.9 Å². The molecule has 0 bridgehead atoms. The Kier molecular flexibility index (Phi) is 5.65. The Bertz CT molecular complexity index is 641. The predicted molar refractivity (Wildman–Crippen MR) is 95.6 cm³/mol. The van der Waals surface area contributed by atoms with Gasteiger partial charge in [-0.2, -0.15) is 0 Å². The number of ether oxygens (including phenoxy) is 1. The molecule has 0 saturated carbocycles. The van der Waals surface area contributed by atoms with E-state index >= 15 is 0 Å². The Morgan fingerprint density at radius 2 is 1.67 bits per heavy atom. The van der Waals surface area contributed by atoms with Crippen molar-refractivity contribution in [3.63, 3.8) is 0 Å². The molecule has 0 N–H and O–H groups in total. The zero-order valence-corrected chi connectivity index (χ0v) is 14.2. The standard InChI is InChI=1S/C21H25NO2/c1-24-20(18-13-7-3-8-14-18)21(23)22-16-10-4-9-15-19(22)17-11-5-2-6-12-17/h2-3,5-8,11-14,19-20H,4,9-10,15-16H2,1H3/t19-,20+/m1/s1. The third-order valence-electron chi connectivity index (χ3n) is 4.78. The maximum Gasteiger partial charge on any atom is 0.256 e. The van der Waals surface area contributed by atoms with Crippen LogP contribution in [-0.2, 0) is 9.53 Å². The molecule has 2 atom stereocenters. The van der Waals surface area contributed by atoms with Crippen LogP contribution in [-0.4, -0.2) is 24.5 Å². The third kappa shape index (κ3) is 3.68. The smallest absolute Gasteiger partial charge is 0.256 e. The van der Waals surface area contributed by atoms with Gasteiger partial charge in [0, 0.05) is 13.7 Å². The second kappa shape index (κ2) is 8.11. The van der Waals surface area contributed by atoms with Crippen LogP contribution in [0.25, 0.3) is 0 Å². The Labute approximate surface area is 144 Å². The highest BCUT2D eigenvalue weighted by Gasteiger charge is 2.32. The fourth-order valence-electron chi connectivity index (χ4n) is 3.55. The number of amides is 1. The fraction of sp³-hybridized carbons (Fsp3) is 0.381. The first-order chi connectivity index (χ1) is 11.8. The van der Waals surface area contributed by atoms with Gasteiger partial charge in [0.25, 0.3) is 5.91 Å². The van der Waals surface area contributed by atoms with Gasteiger partial charge in [0.1, 0.15) is 0 Å². The van der Waals surface area contributed by atoms with E-state index in [2.05, 4.69) is 12.1 Å². The topological polar surface area (TPSA) is 29.5 Å². The summed E-state index contributed by atoms with van der Waals surface area (Å²) in [6, 6.07) is 20.3. The monoisotopic (exact) mass is 323 g/mol. The van der Waals surface area contributed by atoms with Gasteiger partial charge in [-0.25, -0.2) is 0 Å². The molecule has 1 fully saturated rings. The van der Waals surface area contributed by atoms with Crippen LogP contribution in [0.3, 0.4) is 0 Å². The first-order valence-corrected chi connectivity index (χ1v) is 8.74. The van der Waals surface area contributed by atoms with Gasteiger partial charge in [-0.05, 0) is 24.0 Å². The molecular weight excluding hydrogens is 298 g/mol. The van der Waals surface area contributed by atoms with E-state index < -0.39 is 6.10 Å². The summed E-state index contributed by atoms with van der Waals surface area (Å²) in [7, 11) is 1.62. The van der Waals surface area contributed by atoms with Crippen LogP contribution >= 0.6 is 0 Å².